The van der Waals surface area contributed by atoms with E-state index in [2.05, 4.69) is 4.98 Å². The third-order valence-corrected chi connectivity index (χ3v) is 5.69. The highest BCUT2D eigenvalue weighted by Crippen LogP contribution is 2.32. The van der Waals surface area contributed by atoms with Gasteiger partial charge in [0.25, 0.3) is 5.91 Å². The highest BCUT2D eigenvalue weighted by atomic mass is 35.5. The van der Waals surface area contributed by atoms with Crippen molar-refractivity contribution >= 4 is 17.5 Å². The smallest absolute Gasteiger partial charge is 0.253 e. The second-order valence-electron chi connectivity index (χ2n) is 7.45. The lowest BCUT2D eigenvalue weighted by atomic mass is 9.87. The number of likely N-dealkylation sites (tertiary alicyclic amines) is 1. The number of aryl methyl sites for hydroxylation is 1. The molecule has 3 nitrogen and oxygen atoms in total. The second kappa shape index (κ2) is 9.46. The van der Waals surface area contributed by atoms with Gasteiger partial charge >= 0.3 is 0 Å². The van der Waals surface area contributed by atoms with E-state index in [1.165, 1.54) is 18.2 Å². The van der Waals surface area contributed by atoms with Crippen molar-refractivity contribution in [3.63, 3.8) is 0 Å². The molecule has 0 N–H and O–H groups in total. The van der Waals surface area contributed by atoms with E-state index in [4.69, 9.17) is 11.6 Å². The van der Waals surface area contributed by atoms with Crippen LogP contribution < -0.4 is 0 Å². The number of nitrogens with zero attached hydrogens (tertiary/aromatic N) is 2. The van der Waals surface area contributed by atoms with Gasteiger partial charge in [0, 0.05) is 30.5 Å². The molecule has 1 aromatic heterocycles. The summed E-state index contributed by atoms with van der Waals surface area (Å²) in [6, 6.07) is 9.83. The summed E-state index contributed by atoms with van der Waals surface area (Å²) in [5, 5.41) is -0.0756. The van der Waals surface area contributed by atoms with Crippen LogP contribution in [-0.4, -0.2) is 34.5 Å². The van der Waals surface area contributed by atoms with Crippen LogP contribution in [0.15, 0.2) is 42.6 Å². The van der Waals surface area contributed by atoms with Crippen LogP contribution in [-0.2, 0) is 6.42 Å². The molecule has 6 heteroatoms. The molecule has 0 unspecified atom stereocenters. The van der Waals surface area contributed by atoms with Gasteiger partial charge in [-0.25, -0.2) is 8.78 Å². The Morgan fingerprint density at radius 1 is 1.14 bits per heavy atom. The third kappa shape index (κ3) is 5.51. The molecule has 0 atom stereocenters. The molecular formula is C22H25ClF2N2O. The summed E-state index contributed by atoms with van der Waals surface area (Å²) in [6.07, 6.45) is 6.73. The van der Waals surface area contributed by atoms with E-state index in [1.54, 1.807) is 11.1 Å². The van der Waals surface area contributed by atoms with E-state index >= 15 is 4.39 Å². The first-order chi connectivity index (χ1) is 13.5. The van der Waals surface area contributed by atoms with Gasteiger partial charge in [0.1, 0.15) is 11.5 Å². The standard InChI is InChI=1S/C22H25ClF2N2O/c23-19-16-17(8-9-20(19)24)21(28)27-14-11-22(25,12-15-27)10-4-1-2-6-18-7-3-5-13-26-18/h3,5,7-9,13,16H,1-2,4,6,10-12,14-15H2. The summed E-state index contributed by atoms with van der Waals surface area (Å²) in [5.74, 6) is -0.776. The third-order valence-electron chi connectivity index (χ3n) is 5.40. The highest BCUT2D eigenvalue weighted by molar-refractivity contribution is 6.31. The largest absolute Gasteiger partial charge is 0.338 e. The van der Waals surface area contributed by atoms with Crippen molar-refractivity contribution in [2.24, 2.45) is 0 Å². The Kier molecular flexibility index (Phi) is 7.00. The van der Waals surface area contributed by atoms with E-state index in [9.17, 15) is 9.18 Å². The Labute approximate surface area is 169 Å². The predicted octanol–water partition coefficient (Wildman–Crippen LogP) is 5.62. The molecule has 2 heterocycles. The first-order valence-electron chi connectivity index (χ1n) is 9.80. The molecule has 0 saturated carbocycles. The Balaban J connectivity index is 1.40. The fraction of sp³-hybridized carbons (Fsp3) is 0.455. The number of benzene rings is 1. The van der Waals surface area contributed by atoms with Crippen LogP contribution in [0.5, 0.6) is 0 Å². The van der Waals surface area contributed by atoms with E-state index in [0.29, 0.717) is 37.9 Å². The maximum absolute atomic E-state index is 15.1. The lowest BCUT2D eigenvalue weighted by Crippen LogP contribution is -2.44. The monoisotopic (exact) mass is 406 g/mol. The fourth-order valence-corrected chi connectivity index (χ4v) is 3.82. The summed E-state index contributed by atoms with van der Waals surface area (Å²) < 4.78 is 28.3. The van der Waals surface area contributed by atoms with Gasteiger partial charge in [-0.2, -0.15) is 0 Å². The van der Waals surface area contributed by atoms with Crippen molar-refractivity contribution in [1.29, 1.82) is 0 Å². The lowest BCUT2D eigenvalue weighted by Gasteiger charge is -2.36. The number of rotatable bonds is 7. The SMILES string of the molecule is O=C(c1ccc(F)c(Cl)c1)N1CCC(F)(CCCCCc2ccccn2)CC1. The minimum Gasteiger partial charge on any atom is -0.338 e. The molecule has 0 radical (unpaired) electrons. The van der Waals surface area contributed by atoms with Crippen LogP contribution in [0.1, 0.15) is 54.6 Å². The van der Waals surface area contributed by atoms with E-state index in [1.807, 2.05) is 18.2 Å². The molecule has 0 aliphatic carbocycles. The van der Waals surface area contributed by atoms with Crippen molar-refractivity contribution in [2.75, 3.05) is 13.1 Å². The Morgan fingerprint density at radius 3 is 2.61 bits per heavy atom. The van der Waals surface area contributed by atoms with Gasteiger partial charge in [-0.3, -0.25) is 9.78 Å². The zero-order valence-electron chi connectivity index (χ0n) is 15.8. The first-order valence-corrected chi connectivity index (χ1v) is 10.2. The topological polar surface area (TPSA) is 33.2 Å². The Morgan fingerprint density at radius 2 is 1.93 bits per heavy atom. The van der Waals surface area contributed by atoms with Crippen LogP contribution in [0.4, 0.5) is 8.78 Å². The molecule has 28 heavy (non-hydrogen) atoms. The fourth-order valence-electron chi connectivity index (χ4n) is 3.64. The first kappa shape index (κ1) is 20.7. The Bertz CT molecular complexity index is 792. The number of piperidine rings is 1. The van der Waals surface area contributed by atoms with Crippen LogP contribution in [0.3, 0.4) is 0 Å². The number of hydrogen-bond donors (Lipinski definition) is 0. The molecule has 1 aliphatic heterocycles. The highest BCUT2D eigenvalue weighted by Gasteiger charge is 2.35. The maximum Gasteiger partial charge on any atom is 0.253 e. The molecule has 1 aliphatic rings. The molecule has 0 bridgehead atoms. The second-order valence-corrected chi connectivity index (χ2v) is 7.86. The number of pyridine rings is 1. The average molecular weight is 407 g/mol. The van der Waals surface area contributed by atoms with E-state index < -0.39 is 11.5 Å². The number of halogens is 3. The predicted molar refractivity (Wildman–Crippen MR) is 107 cm³/mol. The summed E-state index contributed by atoms with van der Waals surface area (Å²) in [5.41, 5.74) is 0.208. The number of unbranched alkanes of at least 4 members (excludes halogenated alkanes) is 2. The molecule has 3 rings (SSSR count). The van der Waals surface area contributed by atoms with Gasteiger partial charge in [-0.1, -0.05) is 30.5 Å². The van der Waals surface area contributed by atoms with Crippen molar-refractivity contribution < 1.29 is 13.6 Å². The molecule has 1 saturated heterocycles. The van der Waals surface area contributed by atoms with Gasteiger partial charge < -0.3 is 4.90 Å². The summed E-state index contributed by atoms with van der Waals surface area (Å²) in [4.78, 5) is 18.5. The van der Waals surface area contributed by atoms with Gasteiger partial charge in [0.15, 0.2) is 0 Å². The normalized spacial score (nSPS) is 16.2. The van der Waals surface area contributed by atoms with Crippen LogP contribution in [0.2, 0.25) is 5.02 Å². The van der Waals surface area contributed by atoms with Crippen molar-refractivity contribution in [3.05, 3.63) is 64.7 Å². The van der Waals surface area contributed by atoms with E-state index in [-0.39, 0.29) is 10.9 Å². The zero-order valence-corrected chi connectivity index (χ0v) is 16.6. The van der Waals surface area contributed by atoms with Gasteiger partial charge in [0.2, 0.25) is 0 Å². The molecular weight excluding hydrogens is 382 g/mol. The molecule has 0 spiro atoms. The minimum atomic E-state index is -1.21. The van der Waals surface area contributed by atoms with Gasteiger partial charge in [0.05, 0.1) is 5.02 Å². The number of aromatic nitrogens is 1. The average Bonchev–Trinajstić information content (AvgIpc) is 2.71. The molecule has 1 aromatic carbocycles. The van der Waals surface area contributed by atoms with Crippen molar-refractivity contribution in [3.8, 4) is 0 Å². The van der Waals surface area contributed by atoms with Crippen molar-refractivity contribution in [1.82, 2.24) is 9.88 Å². The number of amides is 1. The number of carbonyl (C=O) groups excluding carboxylic acids is 1. The summed E-state index contributed by atoms with van der Waals surface area (Å²) in [6.45, 7) is 0.747. The number of carbonyl (C=O) groups is 1. The molecule has 1 fully saturated rings. The zero-order chi connectivity index (χ0) is 20.0. The summed E-state index contributed by atoms with van der Waals surface area (Å²) >= 11 is 5.75. The number of hydrogen-bond acceptors (Lipinski definition) is 2. The molecule has 1 amide bonds. The van der Waals surface area contributed by atoms with Crippen LogP contribution >= 0.6 is 11.6 Å². The number of alkyl halides is 1. The lowest BCUT2D eigenvalue weighted by molar-refractivity contribution is 0.0386. The minimum absolute atomic E-state index is 0.0756. The maximum atomic E-state index is 15.1. The van der Waals surface area contributed by atoms with Gasteiger partial charge in [-0.05, 0) is 62.4 Å². The van der Waals surface area contributed by atoms with Gasteiger partial charge in [-0.15, -0.1) is 0 Å². The Hall–Kier alpha value is -2.01. The van der Waals surface area contributed by atoms with Crippen molar-refractivity contribution in [2.45, 2.75) is 50.6 Å². The molecule has 150 valence electrons. The van der Waals surface area contributed by atoms with Crippen LogP contribution in [0, 0.1) is 5.82 Å². The summed E-state index contributed by atoms with van der Waals surface area (Å²) in [7, 11) is 0. The quantitative estimate of drug-likeness (QED) is 0.559. The van der Waals surface area contributed by atoms with E-state index in [0.717, 1.165) is 31.4 Å². The molecule has 2 aromatic rings. The van der Waals surface area contributed by atoms with Crippen LogP contribution in [0.25, 0.3) is 0 Å².